The van der Waals surface area contributed by atoms with Crippen molar-refractivity contribution >= 4 is 17.3 Å². The Balaban J connectivity index is 1.61. The number of nitrogens with one attached hydrogen (secondary N) is 2. The van der Waals surface area contributed by atoms with Crippen molar-refractivity contribution in [3.05, 3.63) is 84.2 Å². The summed E-state index contributed by atoms with van der Waals surface area (Å²) in [5, 5.41) is 5.69. The summed E-state index contributed by atoms with van der Waals surface area (Å²) < 4.78 is 13.6. The molecule has 0 aliphatic heterocycles. The number of aromatic nitrogens is 2. The first-order valence-electron chi connectivity index (χ1n) is 7.37. The molecule has 3 aromatic rings. The van der Waals surface area contributed by atoms with Crippen LogP contribution in [-0.4, -0.2) is 15.9 Å². The molecule has 0 spiro atoms. The lowest BCUT2D eigenvalue weighted by Crippen LogP contribution is -2.23. The Labute approximate surface area is 138 Å². The van der Waals surface area contributed by atoms with Crippen molar-refractivity contribution in [1.29, 1.82) is 0 Å². The molecule has 1 aromatic carbocycles. The average molecular weight is 322 g/mol. The van der Waals surface area contributed by atoms with Crippen molar-refractivity contribution in [2.45, 2.75) is 6.54 Å². The van der Waals surface area contributed by atoms with Gasteiger partial charge in [-0.15, -0.1) is 0 Å². The van der Waals surface area contributed by atoms with Crippen LogP contribution in [0.5, 0.6) is 0 Å². The van der Waals surface area contributed by atoms with Crippen LogP contribution >= 0.6 is 0 Å². The third kappa shape index (κ3) is 3.92. The van der Waals surface area contributed by atoms with Crippen LogP contribution in [0, 0.1) is 5.82 Å². The maximum atomic E-state index is 13.6. The number of hydrogen-bond acceptors (Lipinski definition) is 4. The predicted octanol–water partition coefficient (Wildman–Crippen LogP) is 3.29. The fourth-order valence-corrected chi connectivity index (χ4v) is 2.10. The topological polar surface area (TPSA) is 66.9 Å². The van der Waals surface area contributed by atoms with Gasteiger partial charge in [0.1, 0.15) is 11.5 Å². The molecule has 24 heavy (non-hydrogen) atoms. The highest BCUT2D eigenvalue weighted by molar-refractivity contribution is 5.92. The number of halogens is 1. The Kier molecular flexibility index (Phi) is 4.76. The van der Waals surface area contributed by atoms with Crippen molar-refractivity contribution in [1.82, 2.24) is 15.3 Å². The van der Waals surface area contributed by atoms with E-state index in [9.17, 15) is 9.18 Å². The standard InChI is InChI=1S/C18H15FN4O/c19-15-5-1-2-6-16(15)23-14-7-8-17(21-12-14)18(24)22-11-13-4-3-9-20-10-13/h1-10,12,23H,11H2,(H,22,24). The quantitative estimate of drug-likeness (QED) is 0.756. The van der Waals surface area contributed by atoms with E-state index in [4.69, 9.17) is 0 Å². The van der Waals surface area contributed by atoms with Gasteiger partial charge in [0, 0.05) is 18.9 Å². The highest BCUT2D eigenvalue weighted by Crippen LogP contribution is 2.18. The SMILES string of the molecule is O=C(NCc1cccnc1)c1ccc(Nc2ccccc2F)cn1. The smallest absolute Gasteiger partial charge is 0.270 e. The molecule has 0 fully saturated rings. The van der Waals surface area contributed by atoms with Crippen LogP contribution in [0.1, 0.15) is 16.1 Å². The molecule has 5 nitrogen and oxygen atoms in total. The maximum absolute atomic E-state index is 13.6. The lowest BCUT2D eigenvalue weighted by atomic mass is 10.2. The Morgan fingerprint density at radius 2 is 1.92 bits per heavy atom. The van der Waals surface area contributed by atoms with E-state index in [2.05, 4.69) is 20.6 Å². The van der Waals surface area contributed by atoms with Crippen LogP contribution in [0.4, 0.5) is 15.8 Å². The molecule has 2 heterocycles. The molecule has 0 radical (unpaired) electrons. The number of pyridine rings is 2. The Morgan fingerprint density at radius 1 is 1.04 bits per heavy atom. The summed E-state index contributed by atoms with van der Waals surface area (Å²) in [6.07, 6.45) is 4.86. The van der Waals surface area contributed by atoms with Gasteiger partial charge in [0.05, 0.1) is 17.6 Å². The van der Waals surface area contributed by atoms with Gasteiger partial charge in [-0.05, 0) is 35.9 Å². The predicted molar refractivity (Wildman–Crippen MR) is 89.3 cm³/mol. The maximum Gasteiger partial charge on any atom is 0.270 e. The molecule has 0 aliphatic carbocycles. The first-order valence-corrected chi connectivity index (χ1v) is 7.37. The minimum atomic E-state index is -0.351. The van der Waals surface area contributed by atoms with Gasteiger partial charge < -0.3 is 10.6 Å². The number of para-hydroxylation sites is 1. The number of anilines is 2. The zero-order chi connectivity index (χ0) is 16.8. The normalized spacial score (nSPS) is 10.2. The Hall–Kier alpha value is -3.28. The molecule has 1 amide bonds. The van der Waals surface area contributed by atoms with Crippen molar-refractivity contribution in [3.63, 3.8) is 0 Å². The molecule has 2 aromatic heterocycles. The zero-order valence-electron chi connectivity index (χ0n) is 12.7. The summed E-state index contributed by atoms with van der Waals surface area (Å²) in [6, 6.07) is 13.3. The first kappa shape index (κ1) is 15.6. The van der Waals surface area contributed by atoms with Crippen LogP contribution in [0.2, 0.25) is 0 Å². The van der Waals surface area contributed by atoms with E-state index in [1.54, 1.807) is 42.7 Å². The van der Waals surface area contributed by atoms with E-state index in [0.717, 1.165) is 5.56 Å². The summed E-state index contributed by atoms with van der Waals surface area (Å²) in [7, 11) is 0. The Bertz CT molecular complexity index is 822. The van der Waals surface area contributed by atoms with E-state index >= 15 is 0 Å². The highest BCUT2D eigenvalue weighted by atomic mass is 19.1. The molecule has 0 atom stereocenters. The zero-order valence-corrected chi connectivity index (χ0v) is 12.7. The molecular weight excluding hydrogens is 307 g/mol. The largest absolute Gasteiger partial charge is 0.352 e. The minimum absolute atomic E-state index is 0.281. The van der Waals surface area contributed by atoms with Crippen LogP contribution in [0.3, 0.4) is 0 Å². The van der Waals surface area contributed by atoms with Gasteiger partial charge in [-0.25, -0.2) is 9.37 Å². The van der Waals surface area contributed by atoms with Crippen molar-refractivity contribution in [2.75, 3.05) is 5.32 Å². The number of hydrogen-bond donors (Lipinski definition) is 2. The van der Waals surface area contributed by atoms with Gasteiger partial charge in [-0.1, -0.05) is 18.2 Å². The third-order valence-corrected chi connectivity index (χ3v) is 3.32. The fourth-order valence-electron chi connectivity index (χ4n) is 2.10. The van der Waals surface area contributed by atoms with Crippen LogP contribution in [0.25, 0.3) is 0 Å². The number of nitrogens with zero attached hydrogens (tertiary/aromatic N) is 2. The molecule has 0 aliphatic rings. The third-order valence-electron chi connectivity index (χ3n) is 3.32. The van der Waals surface area contributed by atoms with Crippen molar-refractivity contribution in [3.8, 4) is 0 Å². The van der Waals surface area contributed by atoms with Gasteiger partial charge >= 0.3 is 0 Å². The molecule has 0 saturated carbocycles. The van der Waals surface area contributed by atoms with Crippen LogP contribution in [-0.2, 0) is 6.54 Å². The average Bonchev–Trinajstić information content (AvgIpc) is 2.63. The number of amides is 1. The lowest BCUT2D eigenvalue weighted by molar-refractivity contribution is 0.0946. The summed E-state index contributed by atoms with van der Waals surface area (Å²) >= 11 is 0. The number of carbonyl (C=O) groups is 1. The van der Waals surface area contributed by atoms with Gasteiger partial charge in [-0.2, -0.15) is 0 Å². The lowest BCUT2D eigenvalue weighted by Gasteiger charge is -2.08. The molecule has 3 rings (SSSR count). The van der Waals surface area contributed by atoms with Gasteiger partial charge in [0.15, 0.2) is 0 Å². The van der Waals surface area contributed by atoms with Crippen LogP contribution in [0.15, 0.2) is 67.1 Å². The van der Waals surface area contributed by atoms with Crippen molar-refractivity contribution in [2.24, 2.45) is 0 Å². The number of carbonyl (C=O) groups excluding carboxylic acids is 1. The summed E-state index contributed by atoms with van der Waals surface area (Å²) in [4.78, 5) is 20.2. The van der Waals surface area contributed by atoms with E-state index in [-0.39, 0.29) is 17.4 Å². The Morgan fingerprint density at radius 3 is 2.62 bits per heavy atom. The van der Waals surface area contributed by atoms with Crippen LogP contribution < -0.4 is 10.6 Å². The molecule has 2 N–H and O–H groups in total. The highest BCUT2D eigenvalue weighted by Gasteiger charge is 2.07. The number of rotatable bonds is 5. The first-order chi connectivity index (χ1) is 11.7. The van der Waals surface area contributed by atoms with E-state index < -0.39 is 0 Å². The summed E-state index contributed by atoms with van der Waals surface area (Å²) in [5.41, 5.74) is 2.15. The van der Waals surface area contributed by atoms with Crippen molar-refractivity contribution < 1.29 is 9.18 Å². The van der Waals surface area contributed by atoms with E-state index in [1.807, 2.05) is 12.1 Å². The van der Waals surface area contributed by atoms with Gasteiger partial charge in [0.25, 0.3) is 5.91 Å². The molecule has 0 bridgehead atoms. The van der Waals surface area contributed by atoms with Gasteiger partial charge in [-0.3, -0.25) is 9.78 Å². The monoisotopic (exact) mass is 322 g/mol. The molecular formula is C18H15FN4O. The second-order valence-corrected chi connectivity index (χ2v) is 5.08. The second kappa shape index (κ2) is 7.32. The minimum Gasteiger partial charge on any atom is -0.352 e. The second-order valence-electron chi connectivity index (χ2n) is 5.08. The summed E-state index contributed by atoms with van der Waals surface area (Å²) in [6.45, 7) is 0.379. The van der Waals surface area contributed by atoms with E-state index in [1.165, 1.54) is 12.3 Å². The number of benzene rings is 1. The molecule has 0 saturated heterocycles. The summed E-state index contributed by atoms with van der Waals surface area (Å²) in [5.74, 6) is -0.632. The van der Waals surface area contributed by atoms with Gasteiger partial charge in [0.2, 0.25) is 0 Å². The molecule has 120 valence electrons. The fraction of sp³-hybridized carbons (Fsp3) is 0.0556. The van der Waals surface area contributed by atoms with E-state index in [0.29, 0.717) is 17.9 Å². The molecule has 0 unspecified atom stereocenters. The molecule has 6 heteroatoms.